The molecule has 1 heteroatoms. The van der Waals surface area contributed by atoms with Crippen LogP contribution in [0.3, 0.4) is 0 Å². The molecular formula is C40H30S. The van der Waals surface area contributed by atoms with Crippen molar-refractivity contribution in [2.75, 3.05) is 0 Å². The van der Waals surface area contributed by atoms with Crippen molar-refractivity contribution in [3.63, 3.8) is 0 Å². The summed E-state index contributed by atoms with van der Waals surface area (Å²) in [5.74, 6) is 0. The van der Waals surface area contributed by atoms with Gasteiger partial charge in [0.2, 0.25) is 0 Å². The van der Waals surface area contributed by atoms with Gasteiger partial charge in [0.05, 0.1) is 0 Å². The van der Waals surface area contributed by atoms with Crippen molar-refractivity contribution >= 4 is 63.8 Å². The Bertz CT molecular complexity index is 2260. The lowest BCUT2D eigenvalue weighted by molar-refractivity contribution is 0.591. The monoisotopic (exact) mass is 542 g/mol. The summed E-state index contributed by atoms with van der Waals surface area (Å²) >= 11 is 1.88. The van der Waals surface area contributed by atoms with E-state index in [1.165, 1.54) is 80.3 Å². The standard InChI is InChI=1S/C40H30S/c1-40(2,3)29-21-27(20-28(22-29)26-17-19-36-35-14-8-9-15-38(35)41-39(36)24-26)25-16-18-34-32-12-5-4-10-30(32)31-11-6-7-13-33(31)37(34)23-25/h4-24H,1-3H3. The molecule has 0 aliphatic heterocycles. The van der Waals surface area contributed by atoms with Gasteiger partial charge in [-0.05, 0) is 89.8 Å². The van der Waals surface area contributed by atoms with Crippen LogP contribution in [0, 0.1) is 0 Å². The minimum atomic E-state index is 0.0339. The average molecular weight is 543 g/mol. The van der Waals surface area contributed by atoms with Crippen LogP contribution in [0.15, 0.2) is 127 Å². The van der Waals surface area contributed by atoms with Crippen LogP contribution in [-0.2, 0) is 5.41 Å². The highest BCUT2D eigenvalue weighted by atomic mass is 32.1. The van der Waals surface area contributed by atoms with Crippen molar-refractivity contribution in [1.29, 1.82) is 0 Å². The molecule has 0 unspecified atom stereocenters. The molecule has 0 N–H and O–H groups in total. The van der Waals surface area contributed by atoms with Gasteiger partial charge in [-0.25, -0.2) is 0 Å². The Morgan fingerprint density at radius 2 is 0.829 bits per heavy atom. The second-order valence-electron chi connectivity index (χ2n) is 12.2. The molecule has 0 aliphatic carbocycles. The van der Waals surface area contributed by atoms with Gasteiger partial charge in [-0.15, -0.1) is 11.3 Å². The average Bonchev–Trinajstić information content (AvgIpc) is 3.38. The van der Waals surface area contributed by atoms with Gasteiger partial charge in [-0.2, -0.15) is 0 Å². The summed E-state index contributed by atoms with van der Waals surface area (Å²) in [7, 11) is 0. The summed E-state index contributed by atoms with van der Waals surface area (Å²) in [6, 6.07) is 47.6. The second-order valence-corrected chi connectivity index (χ2v) is 13.3. The first-order chi connectivity index (χ1) is 19.9. The van der Waals surface area contributed by atoms with Crippen molar-refractivity contribution in [1.82, 2.24) is 0 Å². The maximum Gasteiger partial charge on any atom is 0.0361 e. The minimum absolute atomic E-state index is 0.0339. The molecule has 0 fully saturated rings. The zero-order valence-corrected chi connectivity index (χ0v) is 24.3. The molecule has 1 heterocycles. The van der Waals surface area contributed by atoms with E-state index < -0.39 is 0 Å². The molecule has 8 rings (SSSR count). The van der Waals surface area contributed by atoms with Crippen LogP contribution in [0.2, 0.25) is 0 Å². The molecule has 196 valence electrons. The van der Waals surface area contributed by atoms with E-state index in [4.69, 9.17) is 0 Å². The number of hydrogen-bond donors (Lipinski definition) is 0. The lowest BCUT2D eigenvalue weighted by Crippen LogP contribution is -2.11. The van der Waals surface area contributed by atoms with Crippen LogP contribution in [-0.4, -0.2) is 0 Å². The van der Waals surface area contributed by atoms with Crippen LogP contribution in [0.4, 0.5) is 0 Å². The Morgan fingerprint density at radius 3 is 1.44 bits per heavy atom. The van der Waals surface area contributed by atoms with E-state index in [1.54, 1.807) is 0 Å². The molecule has 0 aliphatic rings. The van der Waals surface area contributed by atoms with E-state index in [0.717, 1.165) is 0 Å². The maximum atomic E-state index is 2.41. The lowest BCUT2D eigenvalue weighted by atomic mass is 9.83. The smallest absolute Gasteiger partial charge is 0.0361 e. The highest BCUT2D eigenvalue weighted by molar-refractivity contribution is 7.25. The van der Waals surface area contributed by atoms with Crippen LogP contribution >= 0.6 is 11.3 Å². The number of thiophene rings is 1. The van der Waals surface area contributed by atoms with Crippen molar-refractivity contribution in [3.05, 3.63) is 133 Å². The fraction of sp³-hybridized carbons (Fsp3) is 0.100. The van der Waals surface area contributed by atoms with Gasteiger partial charge >= 0.3 is 0 Å². The molecule has 0 amide bonds. The molecular weight excluding hydrogens is 513 g/mol. The van der Waals surface area contributed by atoms with Gasteiger partial charge in [0.15, 0.2) is 0 Å². The van der Waals surface area contributed by atoms with E-state index in [-0.39, 0.29) is 5.41 Å². The Morgan fingerprint density at radius 1 is 0.366 bits per heavy atom. The van der Waals surface area contributed by atoms with E-state index in [2.05, 4.69) is 148 Å². The fourth-order valence-electron chi connectivity index (χ4n) is 6.39. The van der Waals surface area contributed by atoms with Crippen LogP contribution in [0.25, 0.3) is 74.7 Å². The lowest BCUT2D eigenvalue weighted by Gasteiger charge is -2.22. The van der Waals surface area contributed by atoms with Crippen LogP contribution in [0.5, 0.6) is 0 Å². The Kier molecular flexibility index (Phi) is 5.36. The van der Waals surface area contributed by atoms with Crippen LogP contribution < -0.4 is 0 Å². The zero-order valence-electron chi connectivity index (χ0n) is 23.5. The molecule has 0 saturated carbocycles. The van der Waals surface area contributed by atoms with E-state index >= 15 is 0 Å². The molecule has 41 heavy (non-hydrogen) atoms. The molecule has 1 aromatic heterocycles. The molecule has 0 bridgehead atoms. The third-order valence-electron chi connectivity index (χ3n) is 8.59. The second kappa shape index (κ2) is 9.03. The molecule has 0 saturated heterocycles. The minimum Gasteiger partial charge on any atom is -0.135 e. The SMILES string of the molecule is CC(C)(C)c1cc(-c2ccc3c(c2)sc2ccccc23)cc(-c2ccc3c4ccccc4c4ccccc4c3c2)c1. The largest absolute Gasteiger partial charge is 0.135 e. The summed E-state index contributed by atoms with van der Waals surface area (Å²) in [4.78, 5) is 0. The van der Waals surface area contributed by atoms with Gasteiger partial charge < -0.3 is 0 Å². The summed E-state index contributed by atoms with van der Waals surface area (Å²) in [5, 5.41) is 10.6. The highest BCUT2D eigenvalue weighted by Crippen LogP contribution is 2.41. The Hall–Kier alpha value is -4.46. The number of rotatable bonds is 2. The van der Waals surface area contributed by atoms with Crippen LogP contribution in [0.1, 0.15) is 26.3 Å². The molecule has 0 radical (unpaired) electrons. The third-order valence-corrected chi connectivity index (χ3v) is 9.72. The molecule has 0 nitrogen and oxygen atoms in total. The zero-order chi connectivity index (χ0) is 27.7. The van der Waals surface area contributed by atoms with Gasteiger partial charge in [0.25, 0.3) is 0 Å². The summed E-state index contributed by atoms with van der Waals surface area (Å²) in [5.41, 5.74) is 6.46. The summed E-state index contributed by atoms with van der Waals surface area (Å²) in [6.07, 6.45) is 0. The van der Waals surface area contributed by atoms with E-state index in [0.29, 0.717) is 0 Å². The van der Waals surface area contributed by atoms with Crippen molar-refractivity contribution in [2.24, 2.45) is 0 Å². The van der Waals surface area contributed by atoms with Gasteiger partial charge in [-0.3, -0.25) is 0 Å². The van der Waals surface area contributed by atoms with E-state index in [9.17, 15) is 0 Å². The maximum absolute atomic E-state index is 2.41. The van der Waals surface area contributed by atoms with E-state index in [1.807, 2.05) is 11.3 Å². The third kappa shape index (κ3) is 3.96. The predicted octanol–water partition coefficient (Wildman–Crippen LogP) is 12.1. The van der Waals surface area contributed by atoms with Crippen molar-refractivity contribution in [2.45, 2.75) is 26.2 Å². The normalized spacial score (nSPS) is 12.3. The molecule has 7 aromatic carbocycles. The van der Waals surface area contributed by atoms with Gasteiger partial charge in [0.1, 0.15) is 0 Å². The summed E-state index contributed by atoms with van der Waals surface area (Å²) < 4.78 is 2.69. The van der Waals surface area contributed by atoms with Crippen molar-refractivity contribution < 1.29 is 0 Å². The van der Waals surface area contributed by atoms with Gasteiger partial charge in [-0.1, -0.05) is 124 Å². The molecule has 0 spiro atoms. The first-order valence-corrected chi connectivity index (χ1v) is 15.2. The first kappa shape index (κ1) is 24.3. The molecule has 0 atom stereocenters. The Labute approximate surface area is 244 Å². The predicted molar refractivity (Wildman–Crippen MR) is 181 cm³/mol. The molecule has 8 aromatic rings. The topological polar surface area (TPSA) is 0 Å². The Balaban J connectivity index is 1.35. The number of benzene rings is 7. The quantitative estimate of drug-likeness (QED) is 0.191. The van der Waals surface area contributed by atoms with Crippen molar-refractivity contribution in [3.8, 4) is 22.3 Å². The number of fused-ring (bicyclic) bond motifs is 9. The highest BCUT2D eigenvalue weighted by Gasteiger charge is 2.18. The summed E-state index contributed by atoms with van der Waals surface area (Å²) in [6.45, 7) is 6.93. The number of hydrogen-bond acceptors (Lipinski definition) is 1. The first-order valence-electron chi connectivity index (χ1n) is 14.3. The van der Waals surface area contributed by atoms with Gasteiger partial charge in [0, 0.05) is 20.2 Å². The fourth-order valence-corrected chi connectivity index (χ4v) is 7.53.